The standard InChI is InChI=1S/C16H21N3O/c1-19-13-7-3-2-6-12(13)10-14(19)15(20)18-11-16(17)8-4-5-9-16/h2-3,6-7,10H,4-5,8-9,11,17H2,1H3,(H,18,20). The van der Waals surface area contributed by atoms with Gasteiger partial charge < -0.3 is 15.6 Å². The van der Waals surface area contributed by atoms with E-state index < -0.39 is 0 Å². The Balaban J connectivity index is 1.77. The van der Waals surface area contributed by atoms with Crippen LogP contribution in [-0.2, 0) is 7.05 Å². The summed E-state index contributed by atoms with van der Waals surface area (Å²) in [6, 6.07) is 9.94. The number of rotatable bonds is 3. The lowest BCUT2D eigenvalue weighted by molar-refractivity contribution is 0.0936. The van der Waals surface area contributed by atoms with E-state index in [1.807, 2.05) is 41.9 Å². The van der Waals surface area contributed by atoms with Crippen LogP contribution in [0.4, 0.5) is 0 Å². The number of nitrogens with one attached hydrogen (secondary N) is 1. The van der Waals surface area contributed by atoms with Crippen LogP contribution in [0.25, 0.3) is 10.9 Å². The van der Waals surface area contributed by atoms with Gasteiger partial charge in [0.15, 0.2) is 0 Å². The van der Waals surface area contributed by atoms with Crippen molar-refractivity contribution >= 4 is 16.8 Å². The van der Waals surface area contributed by atoms with Crippen molar-refractivity contribution in [3.05, 3.63) is 36.0 Å². The zero-order chi connectivity index (χ0) is 14.2. The van der Waals surface area contributed by atoms with Crippen LogP contribution in [0.1, 0.15) is 36.2 Å². The van der Waals surface area contributed by atoms with Gasteiger partial charge in [-0.05, 0) is 25.0 Å². The molecule has 1 aliphatic carbocycles. The number of para-hydroxylation sites is 1. The Morgan fingerprint density at radius 1 is 1.35 bits per heavy atom. The topological polar surface area (TPSA) is 60.0 Å². The molecular formula is C16H21N3O. The summed E-state index contributed by atoms with van der Waals surface area (Å²) < 4.78 is 1.93. The highest BCUT2D eigenvalue weighted by Crippen LogP contribution is 2.26. The van der Waals surface area contributed by atoms with Gasteiger partial charge in [0, 0.05) is 30.0 Å². The first-order valence-electron chi connectivity index (χ1n) is 7.21. The van der Waals surface area contributed by atoms with Crippen molar-refractivity contribution < 1.29 is 4.79 Å². The first-order valence-corrected chi connectivity index (χ1v) is 7.21. The predicted molar refractivity (Wildman–Crippen MR) is 80.6 cm³/mol. The molecular weight excluding hydrogens is 250 g/mol. The zero-order valence-corrected chi connectivity index (χ0v) is 11.9. The third kappa shape index (κ3) is 2.31. The van der Waals surface area contributed by atoms with Gasteiger partial charge in [0.05, 0.1) is 0 Å². The molecule has 1 aliphatic rings. The molecule has 1 aromatic heterocycles. The SMILES string of the molecule is Cn1c(C(=O)NCC2(N)CCCC2)cc2ccccc21. The van der Waals surface area contributed by atoms with Gasteiger partial charge in [0.1, 0.15) is 5.69 Å². The number of amides is 1. The highest BCUT2D eigenvalue weighted by Gasteiger charge is 2.29. The van der Waals surface area contributed by atoms with Gasteiger partial charge in [0.2, 0.25) is 0 Å². The summed E-state index contributed by atoms with van der Waals surface area (Å²) in [6.45, 7) is 0.563. The highest BCUT2D eigenvalue weighted by atomic mass is 16.1. The van der Waals surface area contributed by atoms with E-state index in [0.29, 0.717) is 12.2 Å². The lowest BCUT2D eigenvalue weighted by Gasteiger charge is -2.23. The summed E-state index contributed by atoms with van der Waals surface area (Å²) in [6.07, 6.45) is 4.34. The summed E-state index contributed by atoms with van der Waals surface area (Å²) in [7, 11) is 1.92. The maximum absolute atomic E-state index is 12.3. The van der Waals surface area contributed by atoms with Gasteiger partial charge in [-0.25, -0.2) is 0 Å². The Kier molecular flexibility index (Phi) is 3.26. The van der Waals surface area contributed by atoms with E-state index in [4.69, 9.17) is 5.73 Å². The molecule has 0 bridgehead atoms. The molecule has 1 heterocycles. The molecule has 0 unspecified atom stereocenters. The lowest BCUT2D eigenvalue weighted by Crippen LogP contribution is -2.48. The van der Waals surface area contributed by atoms with Gasteiger partial charge in [-0.15, -0.1) is 0 Å². The largest absolute Gasteiger partial charge is 0.349 e. The van der Waals surface area contributed by atoms with E-state index in [9.17, 15) is 4.79 Å². The molecule has 0 aliphatic heterocycles. The molecule has 1 aromatic carbocycles. The number of fused-ring (bicyclic) bond motifs is 1. The summed E-state index contributed by atoms with van der Waals surface area (Å²) in [5.74, 6) is -0.0413. The number of hydrogen-bond donors (Lipinski definition) is 2. The number of carbonyl (C=O) groups excluding carboxylic acids is 1. The number of aromatic nitrogens is 1. The molecule has 1 amide bonds. The van der Waals surface area contributed by atoms with Gasteiger partial charge in [0.25, 0.3) is 5.91 Å². The van der Waals surface area contributed by atoms with Crippen LogP contribution in [0.15, 0.2) is 30.3 Å². The van der Waals surface area contributed by atoms with Crippen molar-refractivity contribution in [1.29, 1.82) is 0 Å². The molecule has 20 heavy (non-hydrogen) atoms. The fourth-order valence-electron chi connectivity index (χ4n) is 3.11. The quantitative estimate of drug-likeness (QED) is 0.899. The summed E-state index contributed by atoms with van der Waals surface area (Å²) in [5.41, 5.74) is 7.83. The molecule has 0 radical (unpaired) electrons. The van der Waals surface area contributed by atoms with Gasteiger partial charge >= 0.3 is 0 Å². The van der Waals surface area contributed by atoms with Crippen LogP contribution in [0.3, 0.4) is 0 Å². The minimum absolute atomic E-state index is 0.0413. The fraction of sp³-hybridized carbons (Fsp3) is 0.438. The second-order valence-electron chi connectivity index (χ2n) is 5.90. The fourth-order valence-corrected chi connectivity index (χ4v) is 3.11. The molecule has 4 heteroatoms. The molecule has 2 aromatic rings. The molecule has 0 saturated heterocycles. The molecule has 1 fully saturated rings. The summed E-state index contributed by atoms with van der Waals surface area (Å²) >= 11 is 0. The van der Waals surface area contributed by atoms with Crippen LogP contribution in [0.2, 0.25) is 0 Å². The molecule has 3 rings (SSSR count). The van der Waals surface area contributed by atoms with Crippen LogP contribution in [0.5, 0.6) is 0 Å². The van der Waals surface area contributed by atoms with E-state index >= 15 is 0 Å². The second-order valence-corrected chi connectivity index (χ2v) is 5.90. The van der Waals surface area contributed by atoms with Crippen molar-refractivity contribution in [3.63, 3.8) is 0 Å². The van der Waals surface area contributed by atoms with Crippen LogP contribution in [-0.4, -0.2) is 22.6 Å². The lowest BCUT2D eigenvalue weighted by atomic mass is 9.99. The van der Waals surface area contributed by atoms with Crippen LogP contribution >= 0.6 is 0 Å². The smallest absolute Gasteiger partial charge is 0.267 e. The summed E-state index contributed by atoms with van der Waals surface area (Å²) in [5, 5.41) is 4.08. The molecule has 106 valence electrons. The van der Waals surface area contributed by atoms with E-state index in [0.717, 1.165) is 23.7 Å². The number of aryl methyl sites for hydroxylation is 1. The van der Waals surface area contributed by atoms with Crippen molar-refractivity contribution in [2.75, 3.05) is 6.54 Å². The van der Waals surface area contributed by atoms with E-state index in [1.54, 1.807) is 0 Å². The minimum Gasteiger partial charge on any atom is -0.349 e. The molecule has 3 N–H and O–H groups in total. The van der Waals surface area contributed by atoms with Crippen molar-refractivity contribution in [2.45, 2.75) is 31.2 Å². The Hall–Kier alpha value is -1.81. The first kappa shape index (κ1) is 13.2. The minimum atomic E-state index is -0.208. The number of nitrogens with two attached hydrogens (primary N) is 1. The van der Waals surface area contributed by atoms with Crippen molar-refractivity contribution in [3.8, 4) is 0 Å². The van der Waals surface area contributed by atoms with Crippen LogP contribution < -0.4 is 11.1 Å². The Labute approximate surface area is 118 Å². The van der Waals surface area contributed by atoms with Crippen molar-refractivity contribution in [2.24, 2.45) is 12.8 Å². The molecule has 0 atom stereocenters. The van der Waals surface area contributed by atoms with E-state index in [1.165, 1.54) is 12.8 Å². The molecule has 0 spiro atoms. The third-order valence-electron chi connectivity index (χ3n) is 4.38. The van der Waals surface area contributed by atoms with Crippen LogP contribution in [0, 0.1) is 0 Å². The highest BCUT2D eigenvalue weighted by molar-refractivity contribution is 5.98. The third-order valence-corrected chi connectivity index (χ3v) is 4.38. The second kappa shape index (κ2) is 4.94. The van der Waals surface area contributed by atoms with E-state index in [2.05, 4.69) is 5.32 Å². The number of carbonyl (C=O) groups is 1. The molecule has 4 nitrogen and oxygen atoms in total. The van der Waals surface area contributed by atoms with Gasteiger partial charge in [-0.3, -0.25) is 4.79 Å². The number of benzene rings is 1. The Morgan fingerprint density at radius 2 is 2.05 bits per heavy atom. The first-order chi connectivity index (χ1) is 9.59. The average Bonchev–Trinajstić information content (AvgIpc) is 3.02. The van der Waals surface area contributed by atoms with Crippen molar-refractivity contribution in [1.82, 2.24) is 9.88 Å². The van der Waals surface area contributed by atoms with E-state index in [-0.39, 0.29) is 11.4 Å². The Morgan fingerprint density at radius 3 is 2.75 bits per heavy atom. The molecule has 1 saturated carbocycles. The normalized spacial score (nSPS) is 17.5. The predicted octanol–water partition coefficient (Wildman–Crippen LogP) is 2.18. The maximum atomic E-state index is 12.3. The number of hydrogen-bond acceptors (Lipinski definition) is 2. The Bertz CT molecular complexity index is 638. The van der Waals surface area contributed by atoms with Gasteiger partial charge in [-0.2, -0.15) is 0 Å². The summed E-state index contributed by atoms with van der Waals surface area (Å²) in [4.78, 5) is 12.3. The number of nitrogens with zero attached hydrogens (tertiary/aromatic N) is 1. The average molecular weight is 271 g/mol. The zero-order valence-electron chi connectivity index (χ0n) is 11.9. The van der Waals surface area contributed by atoms with Gasteiger partial charge in [-0.1, -0.05) is 31.0 Å². The monoisotopic (exact) mass is 271 g/mol. The maximum Gasteiger partial charge on any atom is 0.267 e.